The van der Waals surface area contributed by atoms with Crippen LogP contribution < -0.4 is 5.32 Å². The molecule has 1 aromatic heterocycles. The van der Waals surface area contributed by atoms with Crippen LogP contribution >= 0.6 is 24.0 Å². The Morgan fingerprint density at radius 1 is 1.35 bits per heavy atom. The minimum atomic E-state index is 0. The van der Waals surface area contributed by atoms with Crippen molar-refractivity contribution in [3.05, 3.63) is 36.5 Å². The SMILES string of the molecule is CCNC(=NCCCn1ccc2ccccc21)N(C)CC1CCOC1.I. The fourth-order valence-electron chi connectivity index (χ4n) is 3.43. The molecule has 0 radical (unpaired) electrons. The molecule has 1 aliphatic heterocycles. The number of guanidine groups is 1. The lowest BCUT2D eigenvalue weighted by Gasteiger charge is -2.24. The summed E-state index contributed by atoms with van der Waals surface area (Å²) in [6.07, 6.45) is 4.37. The Labute approximate surface area is 173 Å². The molecule has 2 heterocycles. The lowest BCUT2D eigenvalue weighted by molar-refractivity contribution is 0.181. The molecule has 0 amide bonds. The Morgan fingerprint density at radius 2 is 2.19 bits per heavy atom. The molecule has 144 valence electrons. The maximum atomic E-state index is 5.48. The van der Waals surface area contributed by atoms with E-state index in [0.29, 0.717) is 5.92 Å². The Bertz CT molecular complexity index is 694. The quantitative estimate of drug-likeness (QED) is 0.291. The highest BCUT2D eigenvalue weighted by Gasteiger charge is 2.18. The van der Waals surface area contributed by atoms with E-state index >= 15 is 0 Å². The number of nitrogens with zero attached hydrogens (tertiary/aromatic N) is 3. The molecule has 1 fully saturated rings. The van der Waals surface area contributed by atoms with Crippen LogP contribution in [0.5, 0.6) is 0 Å². The molecule has 1 aliphatic rings. The topological polar surface area (TPSA) is 41.8 Å². The summed E-state index contributed by atoms with van der Waals surface area (Å²) < 4.78 is 7.80. The van der Waals surface area contributed by atoms with E-state index in [1.54, 1.807) is 0 Å². The van der Waals surface area contributed by atoms with Crippen LogP contribution in [-0.2, 0) is 11.3 Å². The average Bonchev–Trinajstić information content (AvgIpc) is 3.27. The van der Waals surface area contributed by atoms with Crippen LogP contribution in [0.4, 0.5) is 0 Å². The number of benzene rings is 1. The van der Waals surface area contributed by atoms with Gasteiger partial charge < -0.3 is 19.5 Å². The van der Waals surface area contributed by atoms with Gasteiger partial charge in [0.15, 0.2) is 5.96 Å². The van der Waals surface area contributed by atoms with E-state index in [4.69, 9.17) is 9.73 Å². The maximum Gasteiger partial charge on any atom is 0.193 e. The summed E-state index contributed by atoms with van der Waals surface area (Å²) in [6, 6.07) is 10.7. The standard InChI is InChI=1S/C20H30N4O.HI/c1-3-21-20(23(2)15-17-10-14-25-16-17)22-11-6-12-24-13-9-18-7-4-5-8-19(18)24;/h4-5,7-9,13,17H,3,6,10-12,14-16H2,1-2H3,(H,21,22);1H. The summed E-state index contributed by atoms with van der Waals surface area (Å²) in [4.78, 5) is 7.06. The minimum Gasteiger partial charge on any atom is -0.381 e. The van der Waals surface area contributed by atoms with Gasteiger partial charge in [-0.1, -0.05) is 18.2 Å². The molecule has 26 heavy (non-hydrogen) atoms. The van der Waals surface area contributed by atoms with Gasteiger partial charge in [-0.25, -0.2) is 0 Å². The highest BCUT2D eigenvalue weighted by atomic mass is 127. The largest absolute Gasteiger partial charge is 0.381 e. The molecule has 0 aliphatic carbocycles. The molecule has 1 atom stereocenters. The number of nitrogens with one attached hydrogen (secondary N) is 1. The normalized spacial score (nSPS) is 17.3. The summed E-state index contributed by atoms with van der Waals surface area (Å²) in [5.41, 5.74) is 1.30. The molecule has 1 unspecified atom stereocenters. The highest BCUT2D eigenvalue weighted by Crippen LogP contribution is 2.15. The molecule has 1 aromatic carbocycles. The molecular formula is C20H31IN4O. The molecule has 2 aromatic rings. The van der Waals surface area contributed by atoms with Gasteiger partial charge in [-0.15, -0.1) is 24.0 Å². The number of rotatable bonds is 7. The molecule has 1 N–H and O–H groups in total. The van der Waals surface area contributed by atoms with Crippen LogP contribution in [0.25, 0.3) is 10.9 Å². The van der Waals surface area contributed by atoms with E-state index in [0.717, 1.165) is 58.2 Å². The lowest BCUT2D eigenvalue weighted by Crippen LogP contribution is -2.41. The lowest BCUT2D eigenvalue weighted by atomic mass is 10.1. The average molecular weight is 470 g/mol. The van der Waals surface area contributed by atoms with E-state index in [-0.39, 0.29) is 24.0 Å². The first-order valence-electron chi connectivity index (χ1n) is 9.39. The van der Waals surface area contributed by atoms with Crippen molar-refractivity contribution in [3.63, 3.8) is 0 Å². The Balaban J connectivity index is 0.00000243. The van der Waals surface area contributed by atoms with Crippen molar-refractivity contribution in [1.82, 2.24) is 14.8 Å². The summed E-state index contributed by atoms with van der Waals surface area (Å²) >= 11 is 0. The van der Waals surface area contributed by atoms with Crippen molar-refractivity contribution in [3.8, 4) is 0 Å². The van der Waals surface area contributed by atoms with Gasteiger partial charge in [0.2, 0.25) is 0 Å². The van der Waals surface area contributed by atoms with E-state index in [2.05, 4.69) is 65.3 Å². The van der Waals surface area contributed by atoms with Crippen LogP contribution in [0.2, 0.25) is 0 Å². The fourth-order valence-corrected chi connectivity index (χ4v) is 3.43. The second-order valence-corrected chi connectivity index (χ2v) is 6.77. The van der Waals surface area contributed by atoms with Crippen LogP contribution in [-0.4, -0.2) is 55.3 Å². The predicted molar refractivity (Wildman–Crippen MR) is 120 cm³/mol. The molecule has 6 heteroatoms. The number of fused-ring (bicyclic) bond motifs is 1. The summed E-state index contributed by atoms with van der Waals surface area (Å²) in [6.45, 7) is 7.63. The van der Waals surface area contributed by atoms with E-state index < -0.39 is 0 Å². The molecule has 0 saturated carbocycles. The second kappa shape index (κ2) is 10.8. The van der Waals surface area contributed by atoms with Gasteiger partial charge in [0.25, 0.3) is 0 Å². The summed E-state index contributed by atoms with van der Waals surface area (Å²) in [7, 11) is 2.12. The highest BCUT2D eigenvalue weighted by molar-refractivity contribution is 14.0. The zero-order chi connectivity index (χ0) is 17.5. The Kier molecular flexibility index (Phi) is 8.71. The van der Waals surface area contributed by atoms with Crippen molar-refractivity contribution in [1.29, 1.82) is 0 Å². The minimum absolute atomic E-state index is 0. The molecular weight excluding hydrogens is 439 g/mol. The second-order valence-electron chi connectivity index (χ2n) is 6.77. The number of halogens is 1. The zero-order valence-corrected chi connectivity index (χ0v) is 18.2. The van der Waals surface area contributed by atoms with Crippen LogP contribution in [0.1, 0.15) is 19.8 Å². The smallest absolute Gasteiger partial charge is 0.193 e. The number of aliphatic imine (C=N–C) groups is 1. The van der Waals surface area contributed by atoms with Crippen LogP contribution in [0.15, 0.2) is 41.5 Å². The van der Waals surface area contributed by atoms with Gasteiger partial charge >= 0.3 is 0 Å². The van der Waals surface area contributed by atoms with E-state index in [1.165, 1.54) is 10.9 Å². The van der Waals surface area contributed by atoms with Crippen molar-refractivity contribution in [2.45, 2.75) is 26.3 Å². The van der Waals surface area contributed by atoms with Gasteiger partial charge in [-0.05, 0) is 37.3 Å². The van der Waals surface area contributed by atoms with Crippen LogP contribution in [0.3, 0.4) is 0 Å². The third kappa shape index (κ3) is 5.61. The summed E-state index contributed by atoms with van der Waals surface area (Å²) in [5.74, 6) is 1.63. The first-order chi connectivity index (χ1) is 12.3. The molecule has 1 saturated heterocycles. The molecule has 0 bridgehead atoms. The Morgan fingerprint density at radius 3 is 2.96 bits per heavy atom. The number of aromatic nitrogens is 1. The third-order valence-corrected chi connectivity index (χ3v) is 4.75. The number of para-hydroxylation sites is 1. The predicted octanol–water partition coefficient (Wildman–Crippen LogP) is 3.58. The first-order valence-corrected chi connectivity index (χ1v) is 9.39. The van der Waals surface area contributed by atoms with Crippen molar-refractivity contribution < 1.29 is 4.74 Å². The number of hydrogen-bond donors (Lipinski definition) is 1. The maximum absolute atomic E-state index is 5.48. The molecule has 0 spiro atoms. The van der Waals surface area contributed by atoms with Gasteiger partial charge in [-0.2, -0.15) is 0 Å². The third-order valence-electron chi connectivity index (χ3n) is 4.75. The van der Waals surface area contributed by atoms with Crippen LogP contribution in [0, 0.1) is 5.92 Å². The van der Waals surface area contributed by atoms with Gasteiger partial charge in [0.05, 0.1) is 6.61 Å². The number of ether oxygens (including phenoxy) is 1. The van der Waals surface area contributed by atoms with Gasteiger partial charge in [0.1, 0.15) is 0 Å². The number of aryl methyl sites for hydroxylation is 1. The number of hydrogen-bond acceptors (Lipinski definition) is 2. The summed E-state index contributed by atoms with van der Waals surface area (Å²) in [5, 5.41) is 4.71. The first kappa shape index (κ1) is 21.0. The monoisotopic (exact) mass is 470 g/mol. The van der Waals surface area contributed by atoms with Crippen molar-refractivity contribution in [2.24, 2.45) is 10.9 Å². The van der Waals surface area contributed by atoms with Gasteiger partial charge in [-0.3, -0.25) is 4.99 Å². The Hall–Kier alpha value is -1.28. The van der Waals surface area contributed by atoms with Gasteiger partial charge in [0, 0.05) is 57.5 Å². The van der Waals surface area contributed by atoms with Crippen molar-refractivity contribution >= 4 is 40.8 Å². The fraction of sp³-hybridized carbons (Fsp3) is 0.550. The van der Waals surface area contributed by atoms with Crippen molar-refractivity contribution in [2.75, 3.05) is 39.9 Å². The molecule has 5 nitrogen and oxygen atoms in total. The van der Waals surface area contributed by atoms with E-state index in [9.17, 15) is 0 Å². The zero-order valence-electron chi connectivity index (χ0n) is 15.9. The van der Waals surface area contributed by atoms with E-state index in [1.807, 2.05) is 0 Å². The molecule has 3 rings (SSSR count).